The molecule has 1 fully saturated rings. The maximum Gasteiger partial charge on any atom is 0.139 e. The number of nitrogens with zero attached hydrogens (tertiary/aromatic N) is 1. The predicted octanol–water partition coefficient (Wildman–Crippen LogP) is 0.282. The number of hydrogen-bond acceptors (Lipinski definition) is 4. The van der Waals surface area contributed by atoms with E-state index >= 15 is 0 Å². The van der Waals surface area contributed by atoms with Gasteiger partial charge in [-0.2, -0.15) is 0 Å². The molecule has 1 heterocycles. The number of rotatable bonds is 6. The Morgan fingerprint density at radius 2 is 2.50 bits per heavy atom. The van der Waals surface area contributed by atoms with Crippen molar-refractivity contribution in [3.63, 3.8) is 0 Å². The molecule has 0 saturated carbocycles. The summed E-state index contributed by atoms with van der Waals surface area (Å²) in [7, 11) is 0. The second-order valence-electron chi connectivity index (χ2n) is 3.53. The van der Waals surface area contributed by atoms with Gasteiger partial charge in [-0.25, -0.2) is 0 Å². The van der Waals surface area contributed by atoms with E-state index in [2.05, 4.69) is 10.5 Å². The van der Waals surface area contributed by atoms with E-state index in [0.29, 0.717) is 18.4 Å². The molecule has 0 bridgehead atoms. The van der Waals surface area contributed by atoms with Gasteiger partial charge in [0.2, 0.25) is 0 Å². The van der Waals surface area contributed by atoms with Crippen LogP contribution in [0.15, 0.2) is 5.16 Å². The van der Waals surface area contributed by atoms with Crippen LogP contribution in [-0.4, -0.2) is 36.8 Å². The topological polar surface area (TPSA) is 79.9 Å². The second kappa shape index (κ2) is 6.62. The molecule has 4 N–H and O–H groups in total. The van der Waals surface area contributed by atoms with Gasteiger partial charge in [0, 0.05) is 19.6 Å². The lowest BCUT2D eigenvalue weighted by Crippen LogP contribution is -2.27. The molecule has 1 saturated heterocycles. The standard InChI is InChI=1S/C9H19N3O2/c10-9(12-13)4-1-5-11-7-8-3-2-6-14-8/h8,11,13H,1-7H2,(H2,10,12). The van der Waals surface area contributed by atoms with E-state index < -0.39 is 0 Å². The van der Waals surface area contributed by atoms with Gasteiger partial charge in [0.1, 0.15) is 5.84 Å². The first-order valence-electron chi connectivity index (χ1n) is 5.11. The van der Waals surface area contributed by atoms with E-state index in [1.54, 1.807) is 0 Å². The third-order valence-electron chi connectivity index (χ3n) is 2.31. The van der Waals surface area contributed by atoms with Crippen molar-refractivity contribution in [2.75, 3.05) is 19.7 Å². The molecule has 0 radical (unpaired) electrons. The lowest BCUT2D eigenvalue weighted by Gasteiger charge is -2.09. The smallest absolute Gasteiger partial charge is 0.139 e. The van der Waals surface area contributed by atoms with Crippen LogP contribution in [0.5, 0.6) is 0 Å². The Hall–Kier alpha value is -0.810. The largest absolute Gasteiger partial charge is 0.409 e. The molecule has 82 valence electrons. The first-order chi connectivity index (χ1) is 6.83. The van der Waals surface area contributed by atoms with Gasteiger partial charge in [0.15, 0.2) is 0 Å². The van der Waals surface area contributed by atoms with Crippen LogP contribution in [-0.2, 0) is 4.74 Å². The minimum atomic E-state index is 0.295. The van der Waals surface area contributed by atoms with Crippen molar-refractivity contribution in [1.82, 2.24) is 5.32 Å². The quantitative estimate of drug-likeness (QED) is 0.190. The maximum absolute atomic E-state index is 8.29. The van der Waals surface area contributed by atoms with Crippen molar-refractivity contribution < 1.29 is 9.94 Å². The maximum atomic E-state index is 8.29. The molecule has 14 heavy (non-hydrogen) atoms. The van der Waals surface area contributed by atoms with Crippen molar-refractivity contribution >= 4 is 5.84 Å². The van der Waals surface area contributed by atoms with Crippen LogP contribution in [0.3, 0.4) is 0 Å². The second-order valence-corrected chi connectivity index (χ2v) is 3.53. The summed E-state index contributed by atoms with van der Waals surface area (Å²) in [6, 6.07) is 0. The first-order valence-corrected chi connectivity index (χ1v) is 5.11. The van der Waals surface area contributed by atoms with E-state index in [1.165, 1.54) is 6.42 Å². The zero-order chi connectivity index (χ0) is 10.2. The van der Waals surface area contributed by atoms with Gasteiger partial charge in [0.25, 0.3) is 0 Å². The predicted molar refractivity (Wildman–Crippen MR) is 54.5 cm³/mol. The van der Waals surface area contributed by atoms with E-state index in [0.717, 1.165) is 32.5 Å². The number of nitrogens with one attached hydrogen (secondary N) is 1. The van der Waals surface area contributed by atoms with Gasteiger partial charge in [-0.15, -0.1) is 0 Å². The Kier molecular flexibility index (Phi) is 5.32. The molecule has 5 nitrogen and oxygen atoms in total. The number of ether oxygens (including phenoxy) is 1. The van der Waals surface area contributed by atoms with Crippen molar-refractivity contribution in [3.8, 4) is 0 Å². The van der Waals surface area contributed by atoms with E-state index in [-0.39, 0.29) is 0 Å². The van der Waals surface area contributed by atoms with E-state index in [9.17, 15) is 0 Å². The molecular formula is C9H19N3O2. The van der Waals surface area contributed by atoms with Crippen LogP contribution in [0.4, 0.5) is 0 Å². The highest BCUT2D eigenvalue weighted by atomic mass is 16.5. The molecule has 0 aromatic carbocycles. The van der Waals surface area contributed by atoms with Crippen molar-refractivity contribution in [1.29, 1.82) is 0 Å². The van der Waals surface area contributed by atoms with Gasteiger partial charge in [-0.3, -0.25) is 0 Å². The number of oxime groups is 1. The molecule has 1 rings (SSSR count). The van der Waals surface area contributed by atoms with Crippen molar-refractivity contribution in [3.05, 3.63) is 0 Å². The van der Waals surface area contributed by atoms with Crippen molar-refractivity contribution in [2.45, 2.75) is 31.8 Å². The summed E-state index contributed by atoms with van der Waals surface area (Å²) >= 11 is 0. The van der Waals surface area contributed by atoms with Gasteiger partial charge < -0.3 is 21.0 Å². The summed E-state index contributed by atoms with van der Waals surface area (Å²) in [5.74, 6) is 0.295. The molecule has 5 heteroatoms. The molecule has 0 aromatic rings. The highest BCUT2D eigenvalue weighted by molar-refractivity contribution is 5.79. The molecule has 0 amide bonds. The van der Waals surface area contributed by atoms with Crippen LogP contribution in [0, 0.1) is 0 Å². The monoisotopic (exact) mass is 201 g/mol. The Balaban J connectivity index is 1.89. The first kappa shape index (κ1) is 11.3. The summed E-state index contributed by atoms with van der Waals surface area (Å²) < 4.78 is 5.45. The van der Waals surface area contributed by atoms with Crippen LogP contribution >= 0.6 is 0 Å². The lowest BCUT2D eigenvalue weighted by atomic mass is 10.2. The fraction of sp³-hybridized carbons (Fsp3) is 0.889. The van der Waals surface area contributed by atoms with Gasteiger partial charge in [-0.1, -0.05) is 5.16 Å². The molecular weight excluding hydrogens is 182 g/mol. The summed E-state index contributed by atoms with van der Waals surface area (Å²) in [5, 5.41) is 14.5. The van der Waals surface area contributed by atoms with Crippen LogP contribution in [0.25, 0.3) is 0 Å². The summed E-state index contributed by atoms with van der Waals surface area (Å²) in [5.41, 5.74) is 5.32. The third-order valence-corrected chi connectivity index (χ3v) is 2.31. The molecule has 0 aliphatic carbocycles. The Morgan fingerprint density at radius 3 is 3.14 bits per heavy atom. The molecule has 0 spiro atoms. The highest BCUT2D eigenvalue weighted by Gasteiger charge is 2.13. The average molecular weight is 201 g/mol. The summed E-state index contributed by atoms with van der Waals surface area (Å²) in [4.78, 5) is 0. The summed E-state index contributed by atoms with van der Waals surface area (Å²) in [6.45, 7) is 2.70. The van der Waals surface area contributed by atoms with Gasteiger partial charge in [-0.05, 0) is 25.8 Å². The van der Waals surface area contributed by atoms with Gasteiger partial charge >= 0.3 is 0 Å². The van der Waals surface area contributed by atoms with Crippen LogP contribution in [0.2, 0.25) is 0 Å². The SMILES string of the molecule is NC(CCCNCC1CCCO1)=NO. The normalized spacial score (nSPS) is 22.9. The van der Waals surface area contributed by atoms with Gasteiger partial charge in [0.05, 0.1) is 6.10 Å². The fourth-order valence-electron chi connectivity index (χ4n) is 1.51. The Labute approximate surface area is 84.3 Å². The summed E-state index contributed by atoms with van der Waals surface area (Å²) in [6.07, 6.45) is 4.25. The number of nitrogens with two attached hydrogens (primary N) is 1. The fourth-order valence-corrected chi connectivity index (χ4v) is 1.51. The van der Waals surface area contributed by atoms with E-state index in [4.69, 9.17) is 15.7 Å². The molecule has 1 aliphatic heterocycles. The highest BCUT2D eigenvalue weighted by Crippen LogP contribution is 2.10. The van der Waals surface area contributed by atoms with Crippen molar-refractivity contribution in [2.24, 2.45) is 10.9 Å². The minimum Gasteiger partial charge on any atom is -0.409 e. The Bertz CT molecular complexity index is 179. The Morgan fingerprint density at radius 1 is 1.64 bits per heavy atom. The number of hydrogen-bond donors (Lipinski definition) is 3. The van der Waals surface area contributed by atoms with E-state index in [1.807, 2.05) is 0 Å². The zero-order valence-electron chi connectivity index (χ0n) is 8.41. The molecule has 1 atom stereocenters. The molecule has 1 unspecified atom stereocenters. The lowest BCUT2D eigenvalue weighted by molar-refractivity contribution is 0.110. The third kappa shape index (κ3) is 4.43. The zero-order valence-corrected chi connectivity index (χ0v) is 8.41. The minimum absolute atomic E-state index is 0.295. The molecule has 1 aliphatic rings. The average Bonchev–Trinajstić information content (AvgIpc) is 2.69. The van der Waals surface area contributed by atoms with Crippen LogP contribution in [0.1, 0.15) is 25.7 Å². The molecule has 0 aromatic heterocycles. The van der Waals surface area contributed by atoms with Crippen LogP contribution < -0.4 is 11.1 Å². The number of amidine groups is 1.